The van der Waals surface area contributed by atoms with E-state index in [-0.39, 0.29) is 16.5 Å². The van der Waals surface area contributed by atoms with Crippen molar-refractivity contribution in [3.63, 3.8) is 0 Å². The quantitative estimate of drug-likeness (QED) is 0.388. The van der Waals surface area contributed by atoms with Gasteiger partial charge in [-0.1, -0.05) is 12.1 Å². The van der Waals surface area contributed by atoms with Crippen molar-refractivity contribution in [2.75, 3.05) is 46.5 Å². The van der Waals surface area contributed by atoms with E-state index in [4.69, 9.17) is 14.2 Å². The Labute approximate surface area is 185 Å². The molecule has 0 saturated carbocycles. The summed E-state index contributed by atoms with van der Waals surface area (Å²) in [5, 5.41) is 11.0. The molecular weight excluding hydrogens is 414 g/mol. The van der Waals surface area contributed by atoms with Crippen molar-refractivity contribution in [1.29, 1.82) is 0 Å². The molecule has 32 heavy (non-hydrogen) atoms. The lowest BCUT2D eigenvalue weighted by Crippen LogP contribution is -2.47. The predicted molar refractivity (Wildman–Crippen MR) is 118 cm³/mol. The standard InChI is InChI=1S/C23H25N3O6/c1-30-20-14-17(15-21-23(20)32-12-11-31-21)5-6-22(27)25-9-7-24(8-10-25)16-18-3-2-4-19(13-18)26(28)29/h2-6,13-15H,7-12,16H2,1H3/b6-5-. The summed E-state index contributed by atoms with van der Waals surface area (Å²) in [5.41, 5.74) is 1.78. The summed E-state index contributed by atoms with van der Waals surface area (Å²) in [6.45, 7) is 4.19. The SMILES string of the molecule is COc1cc(/C=C\C(=O)N2CCN(Cc3cccc([N+](=O)[O-])c3)CC2)cc2c1OCCO2. The lowest BCUT2D eigenvalue weighted by Gasteiger charge is -2.34. The van der Waals surface area contributed by atoms with Gasteiger partial charge in [0, 0.05) is 50.9 Å². The zero-order chi connectivity index (χ0) is 22.5. The summed E-state index contributed by atoms with van der Waals surface area (Å²) in [6, 6.07) is 10.3. The number of amides is 1. The van der Waals surface area contributed by atoms with Gasteiger partial charge in [0.05, 0.1) is 12.0 Å². The highest BCUT2D eigenvalue weighted by Gasteiger charge is 2.21. The first kappa shape index (κ1) is 21.6. The summed E-state index contributed by atoms with van der Waals surface area (Å²) in [6.07, 6.45) is 3.31. The molecule has 0 N–H and O–H groups in total. The molecule has 1 amide bonds. The molecule has 9 heteroatoms. The van der Waals surface area contributed by atoms with Crippen molar-refractivity contribution in [2.24, 2.45) is 0 Å². The van der Waals surface area contributed by atoms with Crippen LogP contribution in [0.25, 0.3) is 6.08 Å². The summed E-state index contributed by atoms with van der Waals surface area (Å²) in [5.74, 6) is 1.71. The van der Waals surface area contributed by atoms with Gasteiger partial charge in [-0.3, -0.25) is 19.8 Å². The smallest absolute Gasteiger partial charge is 0.269 e. The minimum Gasteiger partial charge on any atom is -0.493 e. The number of benzene rings is 2. The zero-order valence-corrected chi connectivity index (χ0v) is 17.9. The minimum atomic E-state index is -0.385. The number of piperazine rings is 1. The Morgan fingerprint density at radius 3 is 2.69 bits per heavy atom. The molecule has 2 aliphatic rings. The first-order valence-electron chi connectivity index (χ1n) is 10.4. The summed E-state index contributed by atoms with van der Waals surface area (Å²) in [7, 11) is 1.57. The molecule has 2 aromatic carbocycles. The molecule has 0 aromatic heterocycles. The monoisotopic (exact) mass is 439 g/mol. The highest BCUT2D eigenvalue weighted by molar-refractivity contribution is 5.92. The van der Waals surface area contributed by atoms with Crippen LogP contribution in [0, 0.1) is 10.1 Å². The number of fused-ring (bicyclic) bond motifs is 1. The summed E-state index contributed by atoms with van der Waals surface area (Å²) >= 11 is 0. The third-order valence-corrected chi connectivity index (χ3v) is 5.48. The van der Waals surface area contributed by atoms with Crippen molar-refractivity contribution in [2.45, 2.75) is 6.54 Å². The average Bonchev–Trinajstić information content (AvgIpc) is 2.82. The fourth-order valence-corrected chi connectivity index (χ4v) is 3.82. The van der Waals surface area contributed by atoms with Crippen molar-refractivity contribution >= 4 is 17.7 Å². The molecule has 0 unspecified atom stereocenters. The topological polar surface area (TPSA) is 94.4 Å². The van der Waals surface area contributed by atoms with Gasteiger partial charge in [0.15, 0.2) is 11.5 Å². The molecule has 0 radical (unpaired) electrons. The Hall–Kier alpha value is -3.59. The Bertz CT molecular complexity index is 1010. The van der Waals surface area contributed by atoms with Crippen LogP contribution in [0.2, 0.25) is 0 Å². The first-order valence-corrected chi connectivity index (χ1v) is 10.4. The molecule has 9 nitrogen and oxygen atoms in total. The number of nitro benzene ring substituents is 1. The van der Waals surface area contributed by atoms with Crippen molar-refractivity contribution in [3.8, 4) is 17.2 Å². The average molecular weight is 439 g/mol. The van der Waals surface area contributed by atoms with Gasteiger partial charge in [0.1, 0.15) is 13.2 Å². The van der Waals surface area contributed by atoms with Crippen molar-refractivity contribution in [3.05, 3.63) is 63.7 Å². The molecule has 4 rings (SSSR count). The molecule has 2 aromatic rings. The van der Waals surface area contributed by atoms with Gasteiger partial charge in [-0.05, 0) is 29.3 Å². The number of non-ortho nitro benzene ring substituents is 1. The van der Waals surface area contributed by atoms with E-state index in [9.17, 15) is 14.9 Å². The molecule has 1 fully saturated rings. The molecular formula is C23H25N3O6. The number of hydrogen-bond acceptors (Lipinski definition) is 7. The number of hydrogen-bond donors (Lipinski definition) is 0. The number of rotatable bonds is 6. The van der Waals surface area contributed by atoms with E-state index in [2.05, 4.69) is 4.90 Å². The number of carbonyl (C=O) groups excluding carboxylic acids is 1. The number of nitro groups is 1. The molecule has 2 aliphatic heterocycles. The van der Waals surface area contributed by atoms with Crippen LogP contribution in [0.5, 0.6) is 17.2 Å². The van der Waals surface area contributed by atoms with Crippen LogP contribution in [0.15, 0.2) is 42.5 Å². The number of ether oxygens (including phenoxy) is 3. The number of nitrogens with zero attached hydrogens (tertiary/aromatic N) is 3. The normalized spacial score (nSPS) is 16.2. The van der Waals surface area contributed by atoms with Crippen molar-refractivity contribution in [1.82, 2.24) is 9.80 Å². The summed E-state index contributed by atoms with van der Waals surface area (Å²) in [4.78, 5) is 27.2. The van der Waals surface area contributed by atoms with Gasteiger partial charge in [-0.2, -0.15) is 0 Å². The van der Waals surface area contributed by atoms with Crippen LogP contribution in [-0.4, -0.2) is 67.1 Å². The van der Waals surface area contributed by atoms with Gasteiger partial charge in [-0.25, -0.2) is 0 Å². The van der Waals surface area contributed by atoms with Gasteiger partial charge in [-0.15, -0.1) is 0 Å². The Morgan fingerprint density at radius 1 is 1.16 bits per heavy atom. The highest BCUT2D eigenvalue weighted by atomic mass is 16.6. The lowest BCUT2D eigenvalue weighted by molar-refractivity contribution is -0.384. The molecule has 0 atom stereocenters. The largest absolute Gasteiger partial charge is 0.493 e. The van der Waals surface area contributed by atoms with Crippen LogP contribution in [0.1, 0.15) is 11.1 Å². The third kappa shape index (κ3) is 5.00. The highest BCUT2D eigenvalue weighted by Crippen LogP contribution is 2.40. The molecule has 1 saturated heterocycles. The van der Waals surface area contributed by atoms with Crippen LogP contribution in [0.4, 0.5) is 5.69 Å². The van der Waals surface area contributed by atoms with E-state index < -0.39 is 0 Å². The second-order valence-corrected chi connectivity index (χ2v) is 7.61. The Balaban J connectivity index is 1.33. The van der Waals surface area contributed by atoms with Crippen LogP contribution in [0.3, 0.4) is 0 Å². The van der Waals surface area contributed by atoms with E-state index in [0.717, 1.165) is 11.1 Å². The summed E-state index contributed by atoms with van der Waals surface area (Å²) < 4.78 is 16.6. The number of carbonyl (C=O) groups is 1. The van der Waals surface area contributed by atoms with E-state index >= 15 is 0 Å². The molecule has 0 bridgehead atoms. The lowest BCUT2D eigenvalue weighted by atomic mass is 10.1. The van der Waals surface area contributed by atoms with Crippen molar-refractivity contribution < 1.29 is 23.9 Å². The van der Waals surface area contributed by atoms with Crippen LogP contribution >= 0.6 is 0 Å². The second-order valence-electron chi connectivity index (χ2n) is 7.61. The van der Waals surface area contributed by atoms with E-state index in [1.807, 2.05) is 18.2 Å². The molecule has 0 aliphatic carbocycles. The second kappa shape index (κ2) is 9.69. The Kier molecular flexibility index (Phi) is 6.55. The third-order valence-electron chi connectivity index (χ3n) is 5.48. The molecule has 0 spiro atoms. The zero-order valence-electron chi connectivity index (χ0n) is 17.9. The van der Waals surface area contributed by atoms with Crippen LogP contribution in [-0.2, 0) is 11.3 Å². The molecule has 168 valence electrons. The maximum atomic E-state index is 12.7. The van der Waals surface area contributed by atoms with E-state index in [1.165, 1.54) is 6.07 Å². The predicted octanol–water partition coefficient (Wildman–Crippen LogP) is 2.73. The fourth-order valence-electron chi connectivity index (χ4n) is 3.82. The van der Waals surface area contributed by atoms with Gasteiger partial charge >= 0.3 is 0 Å². The van der Waals surface area contributed by atoms with Gasteiger partial charge in [0.25, 0.3) is 5.69 Å². The first-order chi connectivity index (χ1) is 15.5. The van der Waals surface area contributed by atoms with E-state index in [1.54, 1.807) is 36.3 Å². The Morgan fingerprint density at radius 2 is 1.94 bits per heavy atom. The maximum absolute atomic E-state index is 12.7. The van der Waals surface area contributed by atoms with Gasteiger partial charge in [0.2, 0.25) is 11.7 Å². The van der Waals surface area contributed by atoms with E-state index in [0.29, 0.717) is 63.2 Å². The fraction of sp³-hybridized carbons (Fsp3) is 0.348. The minimum absolute atomic E-state index is 0.0612. The number of methoxy groups -OCH3 is 1. The van der Waals surface area contributed by atoms with Crippen LogP contribution < -0.4 is 14.2 Å². The molecule has 2 heterocycles. The maximum Gasteiger partial charge on any atom is 0.269 e. The van der Waals surface area contributed by atoms with Gasteiger partial charge < -0.3 is 19.1 Å².